The van der Waals surface area contributed by atoms with E-state index in [4.69, 9.17) is 11.6 Å². The van der Waals surface area contributed by atoms with Crippen molar-refractivity contribution in [2.24, 2.45) is 0 Å². The summed E-state index contributed by atoms with van der Waals surface area (Å²) in [5, 5.41) is -0.904. The van der Waals surface area contributed by atoms with Crippen LogP contribution in [0.4, 0.5) is 13.2 Å². The minimum absolute atomic E-state index is 0.0942. The first-order valence-electron chi connectivity index (χ1n) is 5.13. The quantitative estimate of drug-likeness (QED) is 0.301. The first-order valence-corrected chi connectivity index (χ1v) is 7.44. The van der Waals surface area contributed by atoms with Crippen molar-refractivity contribution in [1.82, 2.24) is 0 Å². The minimum Gasteiger partial charge on any atom is -0.207 e. The highest BCUT2D eigenvalue weighted by Crippen LogP contribution is 2.36. The van der Waals surface area contributed by atoms with Gasteiger partial charge >= 0.3 is 0 Å². The third kappa shape index (κ3) is 3.25. The zero-order valence-corrected chi connectivity index (χ0v) is 13.7. The number of hydrogen-bond acceptors (Lipinski definition) is 0. The zero-order chi connectivity index (χ0) is 14.2. The average Bonchev–Trinajstić information content (AvgIpc) is 2.36. The summed E-state index contributed by atoms with van der Waals surface area (Å²) in [4.78, 5) is 0. The van der Waals surface area contributed by atoms with Gasteiger partial charge in [-0.2, -0.15) is 0 Å². The SMILES string of the molecule is Fc1cc(F)c(C(Cl)c2cc(I)ccc2Br)cc1F. The van der Waals surface area contributed by atoms with Crippen molar-refractivity contribution in [1.29, 1.82) is 0 Å². The van der Waals surface area contributed by atoms with Gasteiger partial charge in [-0.05, 0) is 52.4 Å². The fraction of sp³-hybridized carbons (Fsp3) is 0.0769. The van der Waals surface area contributed by atoms with Gasteiger partial charge in [0.2, 0.25) is 0 Å². The Bertz CT molecular complexity index is 634. The van der Waals surface area contributed by atoms with Crippen LogP contribution in [0.3, 0.4) is 0 Å². The Labute approximate surface area is 135 Å². The van der Waals surface area contributed by atoms with Gasteiger partial charge < -0.3 is 0 Å². The molecule has 0 aliphatic carbocycles. The van der Waals surface area contributed by atoms with Crippen molar-refractivity contribution in [3.8, 4) is 0 Å². The maximum atomic E-state index is 13.7. The second-order valence-corrected chi connectivity index (χ2v) is 6.35. The highest BCUT2D eigenvalue weighted by molar-refractivity contribution is 14.1. The van der Waals surface area contributed by atoms with Crippen LogP contribution in [0, 0.1) is 21.0 Å². The molecule has 0 radical (unpaired) electrons. The van der Waals surface area contributed by atoms with Gasteiger partial charge in [-0.3, -0.25) is 0 Å². The Kier molecular flexibility index (Phi) is 4.79. The van der Waals surface area contributed by atoms with Gasteiger partial charge in [-0.15, -0.1) is 11.6 Å². The van der Waals surface area contributed by atoms with Crippen molar-refractivity contribution in [2.75, 3.05) is 0 Å². The molecule has 0 N–H and O–H groups in total. The van der Waals surface area contributed by atoms with Crippen LogP contribution in [-0.4, -0.2) is 0 Å². The number of hydrogen-bond donors (Lipinski definition) is 0. The van der Waals surface area contributed by atoms with Crippen LogP contribution in [0.5, 0.6) is 0 Å². The van der Waals surface area contributed by atoms with Gasteiger partial charge in [0.25, 0.3) is 0 Å². The summed E-state index contributed by atoms with van der Waals surface area (Å²) >= 11 is 11.6. The molecule has 2 aromatic rings. The highest BCUT2D eigenvalue weighted by Gasteiger charge is 2.20. The normalized spacial score (nSPS) is 12.5. The molecule has 0 fully saturated rings. The van der Waals surface area contributed by atoms with Crippen molar-refractivity contribution in [2.45, 2.75) is 5.38 Å². The molecule has 2 rings (SSSR count). The van der Waals surface area contributed by atoms with Crippen molar-refractivity contribution in [3.63, 3.8) is 0 Å². The molecule has 0 saturated carbocycles. The van der Waals surface area contributed by atoms with Crippen LogP contribution in [0.1, 0.15) is 16.5 Å². The Balaban J connectivity index is 2.52. The molecule has 1 atom stereocenters. The predicted molar refractivity (Wildman–Crippen MR) is 80.9 cm³/mol. The molecule has 0 aromatic heterocycles. The summed E-state index contributed by atoms with van der Waals surface area (Å²) in [7, 11) is 0. The lowest BCUT2D eigenvalue weighted by Crippen LogP contribution is -2.01. The van der Waals surface area contributed by atoms with E-state index in [1.54, 1.807) is 12.1 Å². The smallest absolute Gasteiger partial charge is 0.161 e. The van der Waals surface area contributed by atoms with Gasteiger partial charge in [-0.1, -0.05) is 15.9 Å². The number of benzene rings is 2. The van der Waals surface area contributed by atoms with Crippen LogP contribution in [0.15, 0.2) is 34.8 Å². The van der Waals surface area contributed by atoms with Crippen molar-refractivity contribution in [3.05, 3.63) is 67.0 Å². The molecule has 0 aliphatic rings. The lowest BCUT2D eigenvalue weighted by atomic mass is 10.0. The molecule has 6 heteroatoms. The fourth-order valence-corrected chi connectivity index (χ4v) is 3.08. The van der Waals surface area contributed by atoms with Gasteiger partial charge in [0.05, 0.1) is 5.38 Å². The molecule has 0 aliphatic heterocycles. The summed E-state index contributed by atoms with van der Waals surface area (Å²) in [6.07, 6.45) is 0. The second kappa shape index (κ2) is 6.01. The highest BCUT2D eigenvalue weighted by atomic mass is 127. The van der Waals surface area contributed by atoms with Gasteiger partial charge in [-0.25, -0.2) is 13.2 Å². The van der Waals surface area contributed by atoms with E-state index in [1.165, 1.54) is 0 Å². The number of halogens is 6. The molecule has 0 nitrogen and oxygen atoms in total. The fourth-order valence-electron chi connectivity index (χ4n) is 1.61. The second-order valence-electron chi connectivity index (χ2n) is 3.82. The maximum Gasteiger partial charge on any atom is 0.161 e. The zero-order valence-electron chi connectivity index (χ0n) is 9.23. The summed E-state index contributed by atoms with van der Waals surface area (Å²) < 4.78 is 41.4. The van der Waals surface area contributed by atoms with Crippen molar-refractivity contribution >= 4 is 50.1 Å². The minimum atomic E-state index is -1.23. The van der Waals surface area contributed by atoms with Crippen LogP contribution < -0.4 is 0 Å². The summed E-state index contributed by atoms with van der Waals surface area (Å²) in [5.74, 6) is -3.22. The molecule has 0 bridgehead atoms. The topological polar surface area (TPSA) is 0 Å². The third-order valence-electron chi connectivity index (χ3n) is 2.54. The van der Waals surface area contributed by atoms with E-state index in [-0.39, 0.29) is 5.56 Å². The molecular weight excluding hydrogens is 455 g/mol. The first-order chi connectivity index (χ1) is 8.90. The van der Waals surface area contributed by atoms with E-state index in [9.17, 15) is 13.2 Å². The Morgan fingerprint density at radius 1 is 0.947 bits per heavy atom. The van der Waals surface area contributed by atoms with E-state index in [0.717, 1.165) is 9.64 Å². The Morgan fingerprint density at radius 2 is 1.58 bits per heavy atom. The van der Waals surface area contributed by atoms with Gasteiger partial charge in [0.15, 0.2) is 11.6 Å². The molecule has 2 aromatic carbocycles. The van der Waals surface area contributed by atoms with E-state index in [1.807, 2.05) is 6.07 Å². The molecule has 100 valence electrons. The standard InChI is InChI=1S/C13H6BrClF3I/c14-9-2-1-6(19)3-7(9)13(15)8-4-11(17)12(18)5-10(8)16/h1-5,13H. The molecular formula is C13H6BrClF3I. The lowest BCUT2D eigenvalue weighted by Gasteiger charge is -2.14. The van der Waals surface area contributed by atoms with Crippen molar-refractivity contribution < 1.29 is 13.2 Å². The lowest BCUT2D eigenvalue weighted by molar-refractivity contribution is 0.490. The van der Waals surface area contributed by atoms with Gasteiger partial charge in [0.1, 0.15) is 5.82 Å². The monoisotopic (exact) mass is 460 g/mol. The van der Waals surface area contributed by atoms with Gasteiger partial charge in [0, 0.05) is 19.7 Å². The van der Waals surface area contributed by atoms with E-state index in [0.29, 0.717) is 16.1 Å². The summed E-state index contributed by atoms with van der Waals surface area (Å²) in [6, 6.07) is 6.66. The van der Waals surface area contributed by atoms with Crippen LogP contribution in [0.2, 0.25) is 0 Å². The van der Waals surface area contributed by atoms with E-state index >= 15 is 0 Å². The Morgan fingerprint density at radius 3 is 2.26 bits per heavy atom. The third-order valence-corrected chi connectivity index (χ3v) is 4.41. The number of alkyl halides is 1. The van der Waals surface area contributed by atoms with Crippen LogP contribution in [-0.2, 0) is 0 Å². The summed E-state index contributed by atoms with van der Waals surface area (Å²) in [5.41, 5.74) is 0.502. The average molecular weight is 461 g/mol. The maximum absolute atomic E-state index is 13.7. The van der Waals surface area contributed by atoms with Crippen LogP contribution in [0.25, 0.3) is 0 Å². The number of rotatable bonds is 2. The molecule has 1 unspecified atom stereocenters. The molecule has 0 amide bonds. The molecule has 0 spiro atoms. The summed E-state index contributed by atoms with van der Waals surface area (Å²) in [6.45, 7) is 0. The Hall–Kier alpha value is -0.270. The molecule has 0 saturated heterocycles. The first kappa shape index (κ1) is 15.1. The molecule has 0 heterocycles. The molecule has 19 heavy (non-hydrogen) atoms. The predicted octanol–water partition coefficient (Wildman–Crippen LogP) is 5.80. The largest absolute Gasteiger partial charge is 0.207 e. The van der Waals surface area contributed by atoms with E-state index < -0.39 is 22.8 Å². The van der Waals surface area contributed by atoms with Crippen LogP contribution >= 0.6 is 50.1 Å². The van der Waals surface area contributed by atoms with E-state index in [2.05, 4.69) is 38.5 Å².